The smallest absolute Gasteiger partial charge is 0.256 e. The zero-order valence-electron chi connectivity index (χ0n) is 17.8. The highest BCUT2D eigenvalue weighted by Crippen LogP contribution is 2.23. The van der Waals surface area contributed by atoms with E-state index in [1.165, 1.54) is 34.5 Å². The first-order valence-electron chi connectivity index (χ1n) is 9.80. The molecule has 2 aromatic heterocycles. The molecule has 3 heterocycles. The van der Waals surface area contributed by atoms with Gasteiger partial charge in [0, 0.05) is 23.9 Å². The molecule has 14 heteroatoms. The number of benzene rings is 1. The van der Waals surface area contributed by atoms with Crippen LogP contribution < -0.4 is 9.88 Å². The maximum Gasteiger partial charge on any atom is 0.256 e. The van der Waals surface area contributed by atoms with E-state index in [9.17, 15) is 13.2 Å². The number of hydrogen-bond donors (Lipinski definition) is 1. The van der Waals surface area contributed by atoms with Gasteiger partial charge in [-0.15, -0.1) is 5.10 Å². The summed E-state index contributed by atoms with van der Waals surface area (Å²) in [6, 6.07) is 5.74. The molecule has 1 aromatic carbocycles. The number of halogens is 1. The molecule has 176 valence electrons. The Morgan fingerprint density at radius 2 is 2.15 bits per heavy atom. The first kappa shape index (κ1) is 23.7. The fourth-order valence-electron chi connectivity index (χ4n) is 3.34. The molecular weight excluding hydrogens is 492 g/mol. The number of aryl methyl sites for hydroxylation is 1. The van der Waals surface area contributed by atoms with Crippen molar-refractivity contribution in [1.29, 1.82) is 0 Å². The van der Waals surface area contributed by atoms with Crippen LogP contribution in [0.15, 0.2) is 34.3 Å². The van der Waals surface area contributed by atoms with Crippen molar-refractivity contribution in [1.82, 2.24) is 24.5 Å². The molecule has 2 N–H and O–H groups in total. The van der Waals surface area contributed by atoms with E-state index in [4.69, 9.17) is 26.2 Å². The molecule has 0 saturated carbocycles. The van der Waals surface area contributed by atoms with E-state index >= 15 is 0 Å². The van der Waals surface area contributed by atoms with E-state index in [0.717, 1.165) is 5.69 Å². The molecule has 3 aromatic rings. The van der Waals surface area contributed by atoms with Crippen molar-refractivity contribution in [3.63, 3.8) is 0 Å². The Labute approximate surface area is 199 Å². The number of aromatic nitrogens is 4. The van der Waals surface area contributed by atoms with Gasteiger partial charge in [-0.3, -0.25) is 4.79 Å². The highest BCUT2D eigenvalue weighted by molar-refractivity contribution is 7.98. The predicted molar refractivity (Wildman–Crippen MR) is 121 cm³/mol. The molecular formula is C19H21ClN6O5S2. The van der Waals surface area contributed by atoms with Crippen LogP contribution in [0.3, 0.4) is 0 Å². The van der Waals surface area contributed by atoms with Crippen molar-refractivity contribution >= 4 is 45.1 Å². The van der Waals surface area contributed by atoms with E-state index in [-0.39, 0.29) is 34.5 Å². The molecule has 1 fully saturated rings. The number of hydrogen-bond acceptors (Lipinski definition) is 9. The van der Waals surface area contributed by atoms with Crippen LogP contribution >= 0.6 is 23.4 Å². The average molecular weight is 513 g/mol. The van der Waals surface area contributed by atoms with Crippen LogP contribution in [-0.4, -0.2) is 77.5 Å². The van der Waals surface area contributed by atoms with Gasteiger partial charge < -0.3 is 14.4 Å². The first-order chi connectivity index (χ1) is 15.7. The number of carbonyl (C=O) groups is 1. The summed E-state index contributed by atoms with van der Waals surface area (Å²) in [5.74, 6) is 0.546. The highest BCUT2D eigenvalue weighted by atomic mass is 35.5. The molecule has 1 amide bonds. The predicted octanol–water partition coefficient (Wildman–Crippen LogP) is 1.38. The number of morpholine rings is 1. The second-order valence-electron chi connectivity index (χ2n) is 7.29. The van der Waals surface area contributed by atoms with Gasteiger partial charge in [0.2, 0.25) is 21.1 Å². The van der Waals surface area contributed by atoms with Crippen LogP contribution in [0.1, 0.15) is 16.1 Å². The van der Waals surface area contributed by atoms with Crippen LogP contribution in [0.25, 0.3) is 5.78 Å². The van der Waals surface area contributed by atoms with Gasteiger partial charge in [-0.2, -0.15) is 9.50 Å². The molecule has 0 bridgehead atoms. The maximum atomic E-state index is 13.0. The van der Waals surface area contributed by atoms with E-state index in [1.807, 2.05) is 13.2 Å². The van der Waals surface area contributed by atoms with Crippen molar-refractivity contribution in [2.45, 2.75) is 23.1 Å². The second kappa shape index (κ2) is 9.43. The number of nitrogens with zero attached hydrogens (tertiary/aromatic N) is 5. The highest BCUT2D eigenvalue weighted by Gasteiger charge is 2.27. The molecule has 1 aliphatic rings. The summed E-state index contributed by atoms with van der Waals surface area (Å²) in [6.45, 7) is 2.91. The number of thioether (sulfide) groups is 1. The SMILES string of the molecule is CSc1nc2nc(C)cc(OCC3CN(C(=O)c4ccc(Cl)c(S(N)(=O)=O)c4)CCO3)n2n1. The summed E-state index contributed by atoms with van der Waals surface area (Å²) in [4.78, 5) is 22.9. The van der Waals surface area contributed by atoms with Crippen molar-refractivity contribution in [2.75, 3.05) is 32.6 Å². The van der Waals surface area contributed by atoms with Crippen LogP contribution in [0, 0.1) is 6.92 Å². The van der Waals surface area contributed by atoms with Crippen molar-refractivity contribution in [2.24, 2.45) is 5.14 Å². The third-order valence-electron chi connectivity index (χ3n) is 4.90. The maximum absolute atomic E-state index is 13.0. The lowest BCUT2D eigenvalue weighted by atomic mass is 10.1. The second-order valence-corrected chi connectivity index (χ2v) is 10.0. The van der Waals surface area contributed by atoms with Gasteiger partial charge in [0.05, 0.1) is 18.2 Å². The molecule has 1 saturated heterocycles. The minimum absolute atomic E-state index is 0.0426. The third-order valence-corrected chi connectivity index (χ3v) is 6.83. The topological polar surface area (TPSA) is 142 Å². The van der Waals surface area contributed by atoms with Gasteiger partial charge in [0.25, 0.3) is 11.7 Å². The van der Waals surface area contributed by atoms with E-state index < -0.39 is 16.1 Å². The van der Waals surface area contributed by atoms with E-state index in [2.05, 4.69) is 15.1 Å². The molecule has 33 heavy (non-hydrogen) atoms. The van der Waals surface area contributed by atoms with Crippen molar-refractivity contribution < 1.29 is 22.7 Å². The fourth-order valence-corrected chi connectivity index (χ4v) is 4.75. The monoisotopic (exact) mass is 512 g/mol. The Morgan fingerprint density at radius 3 is 2.88 bits per heavy atom. The zero-order chi connectivity index (χ0) is 23.8. The molecule has 0 radical (unpaired) electrons. The number of rotatable bonds is 6. The third kappa shape index (κ3) is 5.22. The number of carbonyl (C=O) groups excluding carboxylic acids is 1. The van der Waals surface area contributed by atoms with Gasteiger partial charge in [0.15, 0.2) is 0 Å². The molecule has 0 aliphatic carbocycles. The van der Waals surface area contributed by atoms with Crippen LogP contribution in [0.4, 0.5) is 0 Å². The van der Waals surface area contributed by atoms with Gasteiger partial charge in [-0.25, -0.2) is 18.5 Å². The molecule has 1 unspecified atom stereocenters. The molecule has 0 spiro atoms. The minimum Gasteiger partial charge on any atom is -0.475 e. The lowest BCUT2D eigenvalue weighted by molar-refractivity contribution is -0.0410. The Balaban J connectivity index is 1.47. The minimum atomic E-state index is -4.06. The standard InChI is InChI=1S/C19H21ClN6O5S2/c1-11-7-16(26-18(22-11)23-19(24-26)32-2)31-10-13-9-25(5-6-30-13)17(27)12-3-4-14(20)15(8-12)33(21,28)29/h3-4,7-8,13H,5-6,9-10H2,1-2H3,(H2,21,28,29). The number of ether oxygens (including phenoxy) is 2. The quantitative estimate of drug-likeness (QED) is 0.484. The van der Waals surface area contributed by atoms with Crippen molar-refractivity contribution in [3.8, 4) is 5.88 Å². The zero-order valence-corrected chi connectivity index (χ0v) is 20.2. The van der Waals surface area contributed by atoms with Gasteiger partial charge >= 0.3 is 0 Å². The van der Waals surface area contributed by atoms with E-state index in [1.54, 1.807) is 11.0 Å². The Kier molecular flexibility index (Phi) is 6.77. The molecule has 1 atom stereocenters. The Morgan fingerprint density at radius 1 is 1.36 bits per heavy atom. The summed E-state index contributed by atoms with van der Waals surface area (Å²) >= 11 is 7.32. The normalized spacial score (nSPS) is 16.8. The number of sulfonamides is 1. The van der Waals surface area contributed by atoms with E-state index in [0.29, 0.717) is 30.0 Å². The largest absolute Gasteiger partial charge is 0.475 e. The number of nitrogens with two attached hydrogens (primary N) is 1. The summed E-state index contributed by atoms with van der Waals surface area (Å²) in [7, 11) is -4.06. The Hall–Kier alpha value is -2.45. The number of primary sulfonamides is 1. The summed E-state index contributed by atoms with van der Waals surface area (Å²) < 4.78 is 36.7. The molecule has 1 aliphatic heterocycles. The van der Waals surface area contributed by atoms with Crippen LogP contribution in [0.2, 0.25) is 5.02 Å². The summed E-state index contributed by atoms with van der Waals surface area (Å²) in [5.41, 5.74) is 0.899. The number of amides is 1. The lowest BCUT2D eigenvalue weighted by Crippen LogP contribution is -2.47. The lowest BCUT2D eigenvalue weighted by Gasteiger charge is -2.33. The molecule has 4 rings (SSSR count). The number of fused-ring (bicyclic) bond motifs is 1. The summed E-state index contributed by atoms with van der Waals surface area (Å²) in [6.07, 6.45) is 1.47. The fraction of sp³-hybridized carbons (Fsp3) is 0.368. The van der Waals surface area contributed by atoms with Crippen LogP contribution in [0.5, 0.6) is 5.88 Å². The van der Waals surface area contributed by atoms with Gasteiger partial charge in [-0.05, 0) is 31.4 Å². The molecule has 11 nitrogen and oxygen atoms in total. The Bertz CT molecular complexity index is 1320. The first-order valence-corrected chi connectivity index (χ1v) is 12.9. The van der Waals surface area contributed by atoms with Crippen molar-refractivity contribution in [3.05, 3.63) is 40.5 Å². The average Bonchev–Trinajstić information content (AvgIpc) is 3.20. The van der Waals surface area contributed by atoms with Crippen LogP contribution in [-0.2, 0) is 14.8 Å². The summed E-state index contributed by atoms with van der Waals surface area (Å²) in [5, 5.41) is 10.1. The van der Waals surface area contributed by atoms with Gasteiger partial charge in [0.1, 0.15) is 17.6 Å². The van der Waals surface area contributed by atoms with Gasteiger partial charge in [-0.1, -0.05) is 23.4 Å².